The molecule has 0 amide bonds. The first-order chi connectivity index (χ1) is 28.7. The highest BCUT2D eigenvalue weighted by Gasteiger charge is 2.52. The van der Waals surface area contributed by atoms with Crippen LogP contribution in [0.5, 0.6) is 11.5 Å². The number of para-hydroxylation sites is 2. The summed E-state index contributed by atoms with van der Waals surface area (Å²) in [6.07, 6.45) is 0. The molecule has 0 saturated heterocycles. The second-order valence-corrected chi connectivity index (χ2v) is 14.6. The van der Waals surface area contributed by atoms with Gasteiger partial charge >= 0.3 is 0 Å². The molecule has 5 heteroatoms. The molecule has 0 fully saturated rings. The molecule has 0 bridgehead atoms. The monoisotopic (exact) mass is 740 g/mol. The van der Waals surface area contributed by atoms with E-state index in [1.807, 2.05) is 72.8 Å². The Hall–Kier alpha value is -7.94. The van der Waals surface area contributed by atoms with Crippen LogP contribution in [-0.4, -0.2) is 15.0 Å². The summed E-state index contributed by atoms with van der Waals surface area (Å²) in [5.41, 5.74) is 13.2. The van der Waals surface area contributed by atoms with Crippen LogP contribution in [0.25, 0.3) is 67.5 Å². The normalized spacial score (nSPS) is 12.7. The quantitative estimate of drug-likeness (QED) is 0.176. The Kier molecular flexibility index (Phi) is 7.70. The summed E-state index contributed by atoms with van der Waals surface area (Å²) in [5, 5.41) is 9.91. The number of hydrogen-bond acceptors (Lipinski definition) is 5. The number of nitriles is 1. The van der Waals surface area contributed by atoms with E-state index in [0.29, 0.717) is 28.8 Å². The summed E-state index contributed by atoms with van der Waals surface area (Å²) in [5.74, 6) is 3.06. The molecule has 0 radical (unpaired) electrons. The molecule has 0 saturated carbocycles. The maximum absolute atomic E-state index is 9.91. The molecule has 5 nitrogen and oxygen atoms in total. The van der Waals surface area contributed by atoms with Gasteiger partial charge in [-0.25, -0.2) is 15.0 Å². The van der Waals surface area contributed by atoms with Gasteiger partial charge in [0.2, 0.25) is 0 Å². The molecule has 11 rings (SSSR count). The zero-order valence-corrected chi connectivity index (χ0v) is 31.2. The third-order valence-electron chi connectivity index (χ3n) is 11.4. The minimum atomic E-state index is -0.725. The van der Waals surface area contributed by atoms with Crippen molar-refractivity contribution < 1.29 is 4.74 Å². The molecule has 1 aliphatic carbocycles. The topological polar surface area (TPSA) is 71.7 Å². The first-order valence-corrected chi connectivity index (χ1v) is 19.3. The van der Waals surface area contributed by atoms with Crippen LogP contribution in [0, 0.1) is 11.3 Å². The van der Waals surface area contributed by atoms with Crippen molar-refractivity contribution in [2.75, 3.05) is 0 Å². The lowest BCUT2D eigenvalue weighted by molar-refractivity contribution is 0.439. The van der Waals surface area contributed by atoms with E-state index in [4.69, 9.17) is 19.7 Å². The molecule has 0 atom stereocenters. The van der Waals surface area contributed by atoms with E-state index >= 15 is 0 Å². The predicted molar refractivity (Wildman–Crippen MR) is 229 cm³/mol. The standard InChI is InChI=1S/C53H32N4O/c54-33-34-15-11-21-38(31-34)40-25-13-29-46-48(40)58-49-43(26-14-30-47(49)53(46)44-27-9-7-23-41(44)42-24-8-10-28-45(42)53)52-56-50(36-18-5-2-6-19-36)55-51(57-52)39-22-12-20-37(32-39)35-16-3-1-4-17-35/h1-32H. The van der Waals surface area contributed by atoms with Crippen molar-refractivity contribution in [1.82, 2.24) is 15.0 Å². The van der Waals surface area contributed by atoms with Crippen molar-refractivity contribution in [1.29, 1.82) is 5.26 Å². The molecule has 9 aromatic rings. The SMILES string of the molecule is N#Cc1cccc(-c2cccc3c2Oc2c(-c4nc(-c5ccccc5)nc(-c5cccc(-c6ccccc6)c5)n4)cccc2C32c3ccccc3-c3ccccc32)c1. The highest BCUT2D eigenvalue weighted by Crippen LogP contribution is 2.64. The Bertz CT molecular complexity index is 3070. The molecule has 2 heterocycles. The van der Waals surface area contributed by atoms with Gasteiger partial charge in [0, 0.05) is 27.8 Å². The molecule has 0 unspecified atom stereocenters. The minimum absolute atomic E-state index is 0.507. The molecule has 1 aromatic heterocycles. The van der Waals surface area contributed by atoms with Gasteiger partial charge in [-0.2, -0.15) is 5.26 Å². The van der Waals surface area contributed by atoms with E-state index in [-0.39, 0.29) is 0 Å². The largest absolute Gasteiger partial charge is 0.455 e. The zero-order chi connectivity index (χ0) is 38.6. The molecule has 270 valence electrons. The third-order valence-corrected chi connectivity index (χ3v) is 11.4. The van der Waals surface area contributed by atoms with Crippen molar-refractivity contribution in [3.8, 4) is 85.1 Å². The summed E-state index contributed by atoms with van der Waals surface area (Å²) in [7, 11) is 0. The molecule has 0 N–H and O–H groups in total. The van der Waals surface area contributed by atoms with E-state index in [1.54, 1.807) is 0 Å². The molecule has 1 aliphatic heterocycles. The van der Waals surface area contributed by atoms with E-state index in [9.17, 15) is 5.26 Å². The Morgan fingerprint density at radius 1 is 0.362 bits per heavy atom. The second kappa shape index (κ2) is 13.4. The smallest absolute Gasteiger partial charge is 0.167 e. The molecule has 8 aromatic carbocycles. The fraction of sp³-hybridized carbons (Fsp3) is 0.0189. The lowest BCUT2D eigenvalue weighted by Crippen LogP contribution is -2.32. The molecule has 58 heavy (non-hydrogen) atoms. The maximum Gasteiger partial charge on any atom is 0.167 e. The van der Waals surface area contributed by atoms with E-state index in [2.05, 4.69) is 127 Å². The van der Waals surface area contributed by atoms with Crippen LogP contribution in [-0.2, 0) is 5.41 Å². The Morgan fingerprint density at radius 2 is 0.828 bits per heavy atom. The van der Waals surface area contributed by atoms with Crippen molar-refractivity contribution in [3.63, 3.8) is 0 Å². The van der Waals surface area contributed by atoms with Crippen LogP contribution in [0.4, 0.5) is 0 Å². The fourth-order valence-corrected chi connectivity index (χ4v) is 8.92. The van der Waals surface area contributed by atoms with Gasteiger partial charge in [0.1, 0.15) is 11.5 Å². The number of fused-ring (bicyclic) bond motifs is 9. The number of benzene rings is 8. The Morgan fingerprint density at radius 3 is 1.52 bits per heavy atom. The first-order valence-electron chi connectivity index (χ1n) is 19.3. The average Bonchev–Trinajstić information content (AvgIpc) is 3.60. The van der Waals surface area contributed by atoms with Gasteiger partial charge < -0.3 is 4.74 Å². The van der Waals surface area contributed by atoms with Crippen LogP contribution >= 0.6 is 0 Å². The lowest BCUT2D eigenvalue weighted by Gasteiger charge is -2.40. The molecule has 1 spiro atoms. The number of nitrogens with zero attached hydrogens (tertiary/aromatic N) is 4. The van der Waals surface area contributed by atoms with Crippen LogP contribution in [0.2, 0.25) is 0 Å². The molecular weight excluding hydrogens is 709 g/mol. The van der Waals surface area contributed by atoms with Crippen molar-refractivity contribution in [2.45, 2.75) is 5.41 Å². The van der Waals surface area contributed by atoms with Crippen molar-refractivity contribution in [2.24, 2.45) is 0 Å². The van der Waals surface area contributed by atoms with Crippen molar-refractivity contribution in [3.05, 3.63) is 222 Å². The number of hydrogen-bond donors (Lipinski definition) is 0. The summed E-state index contributed by atoms with van der Waals surface area (Å²) >= 11 is 0. The van der Waals surface area contributed by atoms with Gasteiger partial charge in [-0.1, -0.05) is 170 Å². The van der Waals surface area contributed by atoms with E-state index < -0.39 is 5.41 Å². The van der Waals surface area contributed by atoms with E-state index in [1.165, 1.54) is 22.3 Å². The second-order valence-electron chi connectivity index (χ2n) is 14.6. The summed E-state index contributed by atoms with van der Waals surface area (Å²) < 4.78 is 7.32. The van der Waals surface area contributed by atoms with Gasteiger partial charge in [-0.15, -0.1) is 0 Å². The Labute approximate surface area is 336 Å². The molecule has 2 aliphatic rings. The zero-order valence-electron chi connectivity index (χ0n) is 31.2. The van der Waals surface area contributed by atoms with Crippen molar-refractivity contribution >= 4 is 0 Å². The van der Waals surface area contributed by atoms with Gasteiger partial charge in [0.05, 0.1) is 22.6 Å². The Balaban J connectivity index is 1.20. The predicted octanol–water partition coefficient (Wildman–Crippen LogP) is 12.5. The number of ether oxygens (including phenoxy) is 1. The van der Waals surface area contributed by atoms with Gasteiger partial charge in [0.25, 0.3) is 0 Å². The lowest BCUT2D eigenvalue weighted by atomic mass is 9.65. The van der Waals surface area contributed by atoms with Gasteiger partial charge in [0.15, 0.2) is 17.5 Å². The number of rotatable bonds is 5. The average molecular weight is 741 g/mol. The third kappa shape index (κ3) is 5.13. The highest BCUT2D eigenvalue weighted by molar-refractivity contribution is 5.92. The summed E-state index contributed by atoms with van der Waals surface area (Å²) in [6, 6.07) is 68.9. The van der Waals surface area contributed by atoms with Crippen LogP contribution < -0.4 is 4.74 Å². The van der Waals surface area contributed by atoms with Crippen LogP contribution in [0.1, 0.15) is 27.8 Å². The van der Waals surface area contributed by atoms with Crippen LogP contribution in [0.3, 0.4) is 0 Å². The van der Waals surface area contributed by atoms with Gasteiger partial charge in [-0.05, 0) is 63.2 Å². The van der Waals surface area contributed by atoms with E-state index in [0.717, 1.165) is 55.8 Å². The maximum atomic E-state index is 9.91. The summed E-state index contributed by atoms with van der Waals surface area (Å²) in [4.78, 5) is 15.6. The van der Waals surface area contributed by atoms with Gasteiger partial charge in [-0.3, -0.25) is 0 Å². The first kappa shape index (κ1) is 33.4. The highest BCUT2D eigenvalue weighted by atomic mass is 16.5. The minimum Gasteiger partial charge on any atom is -0.455 e. The van der Waals surface area contributed by atoms with Crippen LogP contribution in [0.15, 0.2) is 194 Å². The number of aromatic nitrogens is 3. The fourth-order valence-electron chi connectivity index (χ4n) is 8.92. The summed E-state index contributed by atoms with van der Waals surface area (Å²) in [6.45, 7) is 0. The molecular formula is C53H32N4O.